The highest BCUT2D eigenvalue weighted by Gasteiger charge is 2.03. The smallest absolute Gasteiger partial charge is 0.0489 e. The lowest BCUT2D eigenvalue weighted by atomic mass is 10.2. The summed E-state index contributed by atoms with van der Waals surface area (Å²) in [5, 5.41) is 1.33. The third kappa shape index (κ3) is 2.05. The van der Waals surface area contributed by atoms with Crippen LogP contribution in [0.4, 0.5) is 0 Å². The first-order chi connectivity index (χ1) is 7.33. The lowest BCUT2D eigenvalue weighted by Gasteiger charge is -2.04. The van der Waals surface area contributed by atoms with E-state index in [-0.39, 0.29) is 0 Å². The second-order valence-corrected chi connectivity index (χ2v) is 3.80. The third-order valence-corrected chi connectivity index (χ3v) is 2.67. The van der Waals surface area contributed by atoms with Crippen molar-refractivity contribution in [2.24, 2.45) is 0 Å². The number of nitrogens with zero attached hydrogens (tertiary/aromatic N) is 1. The molecule has 1 aromatic carbocycles. The number of hydrogen-bond donors (Lipinski definition) is 0. The van der Waals surface area contributed by atoms with Gasteiger partial charge in [0.1, 0.15) is 0 Å². The van der Waals surface area contributed by atoms with E-state index in [2.05, 4.69) is 35.9 Å². The molecular weight excluding hydrogens is 186 g/mol. The van der Waals surface area contributed by atoms with Crippen LogP contribution in [0.25, 0.3) is 10.9 Å². The first kappa shape index (κ1) is 10.2. The van der Waals surface area contributed by atoms with Gasteiger partial charge in [0.15, 0.2) is 0 Å². The highest BCUT2D eigenvalue weighted by atomic mass is 16.5. The molecule has 0 saturated carbocycles. The maximum atomic E-state index is 5.06. The van der Waals surface area contributed by atoms with Gasteiger partial charge >= 0.3 is 0 Å². The SMILES string of the molecule is COCCCn1cc(C)c2cc[c]cc21. The zero-order chi connectivity index (χ0) is 10.7. The van der Waals surface area contributed by atoms with Crippen LogP contribution in [-0.2, 0) is 11.3 Å². The Labute approximate surface area is 90.5 Å². The number of rotatable bonds is 4. The quantitative estimate of drug-likeness (QED) is 0.695. The normalized spacial score (nSPS) is 11.1. The minimum atomic E-state index is 0.815. The van der Waals surface area contributed by atoms with Crippen LogP contribution < -0.4 is 0 Å². The van der Waals surface area contributed by atoms with Crippen LogP contribution >= 0.6 is 0 Å². The van der Waals surface area contributed by atoms with Crippen molar-refractivity contribution < 1.29 is 4.74 Å². The minimum absolute atomic E-state index is 0.815. The van der Waals surface area contributed by atoms with E-state index in [1.54, 1.807) is 7.11 Å². The molecule has 79 valence electrons. The average Bonchev–Trinajstić information content (AvgIpc) is 2.58. The number of benzene rings is 1. The predicted molar refractivity (Wildman–Crippen MR) is 62.0 cm³/mol. The van der Waals surface area contributed by atoms with Crippen LogP contribution in [0.1, 0.15) is 12.0 Å². The Balaban J connectivity index is 2.27. The minimum Gasteiger partial charge on any atom is -0.385 e. The molecule has 1 radical (unpaired) electrons. The Morgan fingerprint density at radius 3 is 3.13 bits per heavy atom. The molecular formula is C13H16NO. The summed E-state index contributed by atoms with van der Waals surface area (Å²) in [6.45, 7) is 3.97. The molecule has 0 atom stereocenters. The standard InChI is InChI=1S/C13H16NO/c1-11-10-14(8-5-9-15-2)13-7-4-3-6-12(11)13/h3,6-7,10H,5,8-9H2,1-2H3. The van der Waals surface area contributed by atoms with Crippen molar-refractivity contribution in [1.82, 2.24) is 4.57 Å². The number of aryl methyl sites for hydroxylation is 2. The van der Waals surface area contributed by atoms with Gasteiger partial charge in [-0.1, -0.05) is 12.1 Å². The van der Waals surface area contributed by atoms with Gasteiger partial charge in [0, 0.05) is 37.4 Å². The Bertz CT molecular complexity index is 445. The molecule has 2 aromatic rings. The third-order valence-electron chi connectivity index (χ3n) is 2.67. The van der Waals surface area contributed by atoms with Gasteiger partial charge in [0.05, 0.1) is 0 Å². The molecule has 1 aromatic heterocycles. The van der Waals surface area contributed by atoms with E-state index in [9.17, 15) is 0 Å². The molecule has 0 aliphatic heterocycles. The van der Waals surface area contributed by atoms with Crippen LogP contribution in [0, 0.1) is 13.0 Å². The fourth-order valence-corrected chi connectivity index (χ4v) is 1.93. The maximum absolute atomic E-state index is 5.06. The van der Waals surface area contributed by atoms with E-state index in [0.717, 1.165) is 19.6 Å². The van der Waals surface area contributed by atoms with Gasteiger partial charge in [0.2, 0.25) is 0 Å². The average molecular weight is 202 g/mol. The van der Waals surface area contributed by atoms with Gasteiger partial charge in [0.25, 0.3) is 0 Å². The molecule has 0 unspecified atom stereocenters. The molecule has 2 nitrogen and oxygen atoms in total. The number of aromatic nitrogens is 1. The number of hydrogen-bond acceptors (Lipinski definition) is 1. The van der Waals surface area contributed by atoms with Gasteiger partial charge in [-0.05, 0) is 31.0 Å². The summed E-state index contributed by atoms with van der Waals surface area (Å²) in [4.78, 5) is 0. The van der Waals surface area contributed by atoms with E-state index in [0.29, 0.717) is 0 Å². The van der Waals surface area contributed by atoms with Gasteiger partial charge in [-0.25, -0.2) is 0 Å². The summed E-state index contributed by atoms with van der Waals surface area (Å²) in [6.07, 6.45) is 3.25. The summed E-state index contributed by atoms with van der Waals surface area (Å²) < 4.78 is 7.34. The predicted octanol–water partition coefficient (Wildman–Crippen LogP) is 2.79. The molecule has 0 spiro atoms. The Hall–Kier alpha value is -1.28. The summed E-state index contributed by atoms with van der Waals surface area (Å²) in [5.74, 6) is 0. The second-order valence-electron chi connectivity index (χ2n) is 3.80. The van der Waals surface area contributed by atoms with Crippen molar-refractivity contribution in [3.63, 3.8) is 0 Å². The van der Waals surface area contributed by atoms with Crippen LogP contribution in [0.5, 0.6) is 0 Å². The molecule has 0 amide bonds. The molecule has 0 aliphatic rings. The van der Waals surface area contributed by atoms with Crippen molar-refractivity contribution >= 4 is 10.9 Å². The van der Waals surface area contributed by atoms with Crippen LogP contribution in [-0.4, -0.2) is 18.3 Å². The van der Waals surface area contributed by atoms with Crippen molar-refractivity contribution in [2.45, 2.75) is 19.9 Å². The fourth-order valence-electron chi connectivity index (χ4n) is 1.93. The van der Waals surface area contributed by atoms with Crippen LogP contribution in [0.3, 0.4) is 0 Å². The summed E-state index contributed by atoms with van der Waals surface area (Å²) in [6, 6.07) is 9.27. The van der Waals surface area contributed by atoms with Crippen molar-refractivity contribution in [3.8, 4) is 0 Å². The summed E-state index contributed by atoms with van der Waals surface area (Å²) in [5.41, 5.74) is 2.60. The topological polar surface area (TPSA) is 14.2 Å². The number of ether oxygens (including phenoxy) is 1. The molecule has 0 bridgehead atoms. The van der Waals surface area contributed by atoms with Crippen molar-refractivity contribution in [3.05, 3.63) is 36.0 Å². The van der Waals surface area contributed by atoms with Gasteiger partial charge in [-0.15, -0.1) is 0 Å². The van der Waals surface area contributed by atoms with Gasteiger partial charge < -0.3 is 9.30 Å². The Morgan fingerprint density at radius 2 is 2.33 bits per heavy atom. The van der Waals surface area contributed by atoms with E-state index < -0.39 is 0 Å². The summed E-state index contributed by atoms with van der Waals surface area (Å²) >= 11 is 0. The second kappa shape index (κ2) is 4.49. The molecule has 15 heavy (non-hydrogen) atoms. The zero-order valence-electron chi connectivity index (χ0n) is 9.29. The van der Waals surface area contributed by atoms with E-state index in [1.165, 1.54) is 16.5 Å². The van der Waals surface area contributed by atoms with Crippen molar-refractivity contribution in [1.29, 1.82) is 0 Å². The zero-order valence-corrected chi connectivity index (χ0v) is 9.29. The van der Waals surface area contributed by atoms with Crippen molar-refractivity contribution in [2.75, 3.05) is 13.7 Å². The largest absolute Gasteiger partial charge is 0.385 e. The first-order valence-electron chi connectivity index (χ1n) is 5.27. The van der Waals surface area contributed by atoms with E-state index >= 15 is 0 Å². The van der Waals surface area contributed by atoms with E-state index in [1.807, 2.05) is 6.07 Å². The highest BCUT2D eigenvalue weighted by Crippen LogP contribution is 2.20. The Kier molecular flexibility index (Phi) is 3.07. The lowest BCUT2D eigenvalue weighted by Crippen LogP contribution is -1.99. The Morgan fingerprint density at radius 1 is 1.47 bits per heavy atom. The first-order valence-corrected chi connectivity index (χ1v) is 5.27. The highest BCUT2D eigenvalue weighted by molar-refractivity contribution is 5.83. The lowest BCUT2D eigenvalue weighted by molar-refractivity contribution is 0.190. The van der Waals surface area contributed by atoms with Gasteiger partial charge in [-0.3, -0.25) is 0 Å². The monoisotopic (exact) mass is 202 g/mol. The number of methoxy groups -OCH3 is 1. The van der Waals surface area contributed by atoms with Crippen LogP contribution in [0.15, 0.2) is 24.4 Å². The molecule has 0 aliphatic carbocycles. The van der Waals surface area contributed by atoms with Crippen LogP contribution in [0.2, 0.25) is 0 Å². The molecule has 2 heteroatoms. The molecule has 0 N–H and O–H groups in total. The fraction of sp³-hybridized carbons (Fsp3) is 0.385. The molecule has 0 fully saturated rings. The molecule has 0 saturated heterocycles. The molecule has 2 rings (SSSR count). The number of fused-ring (bicyclic) bond motifs is 1. The van der Waals surface area contributed by atoms with E-state index in [4.69, 9.17) is 4.74 Å². The molecule has 1 heterocycles. The maximum Gasteiger partial charge on any atom is 0.0489 e. The van der Waals surface area contributed by atoms with Gasteiger partial charge in [-0.2, -0.15) is 0 Å². The summed E-state index contributed by atoms with van der Waals surface area (Å²) in [7, 11) is 1.74.